The van der Waals surface area contributed by atoms with Gasteiger partial charge in [0.2, 0.25) is 11.7 Å². The molecule has 0 aliphatic heterocycles. The Kier molecular flexibility index (Phi) is 5.77. The van der Waals surface area contributed by atoms with Crippen molar-refractivity contribution in [3.63, 3.8) is 0 Å². The van der Waals surface area contributed by atoms with Crippen molar-refractivity contribution in [2.45, 2.75) is 71.1 Å². The Labute approximate surface area is 127 Å². The summed E-state index contributed by atoms with van der Waals surface area (Å²) in [5, 5.41) is 2.76. The van der Waals surface area contributed by atoms with Crippen molar-refractivity contribution in [1.82, 2.24) is 5.32 Å². The van der Waals surface area contributed by atoms with Gasteiger partial charge in [0.15, 0.2) is 0 Å². The van der Waals surface area contributed by atoms with Crippen LogP contribution < -0.4 is 5.32 Å². The maximum atomic E-state index is 12.4. The SMILES string of the molecule is C=C1C(=O)C(NC(C)=O)=C2CCCCCCCCCCC12. The van der Waals surface area contributed by atoms with Gasteiger partial charge in [0, 0.05) is 18.4 Å². The van der Waals surface area contributed by atoms with Gasteiger partial charge in [-0.1, -0.05) is 51.5 Å². The molecule has 1 unspecified atom stereocenters. The van der Waals surface area contributed by atoms with Crippen LogP contribution in [0, 0.1) is 5.92 Å². The van der Waals surface area contributed by atoms with Gasteiger partial charge in [-0.3, -0.25) is 9.59 Å². The molecule has 0 aromatic heterocycles. The first-order valence-corrected chi connectivity index (χ1v) is 8.35. The van der Waals surface area contributed by atoms with Crippen molar-refractivity contribution in [3.05, 3.63) is 23.4 Å². The number of nitrogens with one attached hydrogen (secondary N) is 1. The van der Waals surface area contributed by atoms with E-state index in [0.717, 1.165) is 31.3 Å². The molecule has 2 aliphatic carbocycles. The minimum Gasteiger partial charge on any atom is -0.323 e. The number of rotatable bonds is 1. The summed E-state index contributed by atoms with van der Waals surface area (Å²) < 4.78 is 0. The van der Waals surface area contributed by atoms with Crippen molar-refractivity contribution in [2.24, 2.45) is 5.92 Å². The van der Waals surface area contributed by atoms with Crippen molar-refractivity contribution in [3.8, 4) is 0 Å². The number of allylic oxidation sites excluding steroid dienone is 2. The number of fused-ring (bicyclic) bond motifs is 1. The second-order valence-corrected chi connectivity index (χ2v) is 6.36. The van der Waals surface area contributed by atoms with Gasteiger partial charge in [0.25, 0.3) is 0 Å². The third-order valence-corrected chi connectivity index (χ3v) is 4.67. The fraction of sp³-hybridized carbons (Fsp3) is 0.667. The highest BCUT2D eigenvalue weighted by Crippen LogP contribution is 2.38. The lowest BCUT2D eigenvalue weighted by atomic mass is 9.88. The van der Waals surface area contributed by atoms with Crippen LogP contribution in [0.1, 0.15) is 71.1 Å². The molecule has 0 bridgehead atoms. The predicted octanol–water partition coefficient (Wildman–Crippen LogP) is 4.05. The highest BCUT2D eigenvalue weighted by Gasteiger charge is 2.35. The Bertz CT molecular complexity index is 462. The van der Waals surface area contributed by atoms with Crippen molar-refractivity contribution in [1.29, 1.82) is 0 Å². The van der Waals surface area contributed by atoms with Crippen LogP contribution in [-0.2, 0) is 9.59 Å². The number of amides is 1. The van der Waals surface area contributed by atoms with Gasteiger partial charge in [-0.15, -0.1) is 0 Å². The molecular formula is C18H27NO2. The Morgan fingerprint density at radius 1 is 1.05 bits per heavy atom. The van der Waals surface area contributed by atoms with Crippen LogP contribution in [0.5, 0.6) is 0 Å². The molecule has 1 saturated carbocycles. The van der Waals surface area contributed by atoms with E-state index in [4.69, 9.17) is 0 Å². The summed E-state index contributed by atoms with van der Waals surface area (Å²) in [7, 11) is 0. The minimum atomic E-state index is -0.162. The van der Waals surface area contributed by atoms with Gasteiger partial charge in [-0.2, -0.15) is 0 Å². The molecule has 21 heavy (non-hydrogen) atoms. The summed E-state index contributed by atoms with van der Waals surface area (Å²) in [6, 6.07) is 0. The predicted molar refractivity (Wildman–Crippen MR) is 84.6 cm³/mol. The van der Waals surface area contributed by atoms with Crippen molar-refractivity contribution < 1.29 is 9.59 Å². The number of ketones is 1. The molecule has 0 spiro atoms. The van der Waals surface area contributed by atoms with Gasteiger partial charge in [-0.05, 0) is 24.8 Å². The Morgan fingerprint density at radius 3 is 2.24 bits per heavy atom. The van der Waals surface area contributed by atoms with Gasteiger partial charge in [0.1, 0.15) is 0 Å². The van der Waals surface area contributed by atoms with E-state index in [1.54, 1.807) is 0 Å². The van der Waals surface area contributed by atoms with E-state index < -0.39 is 0 Å². The number of hydrogen-bond acceptors (Lipinski definition) is 2. The number of Topliss-reactive ketones (excluding diaryl/α,β-unsaturated/α-hetero) is 1. The monoisotopic (exact) mass is 289 g/mol. The molecule has 0 saturated heterocycles. The lowest BCUT2D eigenvalue weighted by Gasteiger charge is -2.17. The average molecular weight is 289 g/mol. The van der Waals surface area contributed by atoms with Crippen LogP contribution in [0.2, 0.25) is 0 Å². The molecule has 2 rings (SSSR count). The van der Waals surface area contributed by atoms with Crippen LogP contribution in [-0.4, -0.2) is 11.7 Å². The van der Waals surface area contributed by atoms with Crippen LogP contribution >= 0.6 is 0 Å². The normalized spacial score (nSPS) is 25.1. The Hall–Kier alpha value is -1.38. The van der Waals surface area contributed by atoms with E-state index in [0.29, 0.717) is 11.3 Å². The third kappa shape index (κ3) is 4.05. The van der Waals surface area contributed by atoms with Gasteiger partial charge >= 0.3 is 0 Å². The maximum Gasteiger partial charge on any atom is 0.221 e. The zero-order valence-electron chi connectivity index (χ0n) is 13.2. The first kappa shape index (κ1) is 16.0. The Morgan fingerprint density at radius 2 is 1.62 bits per heavy atom. The van der Waals surface area contributed by atoms with Gasteiger partial charge in [-0.25, -0.2) is 0 Å². The molecule has 1 amide bonds. The molecule has 0 aromatic carbocycles. The fourth-order valence-corrected chi connectivity index (χ4v) is 3.53. The summed E-state index contributed by atoms with van der Waals surface area (Å²) in [5.41, 5.74) is 2.36. The molecule has 1 fully saturated rings. The summed E-state index contributed by atoms with van der Waals surface area (Å²) in [4.78, 5) is 23.7. The summed E-state index contributed by atoms with van der Waals surface area (Å²) in [6.45, 7) is 5.47. The molecule has 0 radical (unpaired) electrons. The average Bonchev–Trinajstić information content (AvgIpc) is 2.63. The molecule has 1 N–H and O–H groups in total. The van der Waals surface area contributed by atoms with Crippen LogP contribution in [0.15, 0.2) is 23.4 Å². The number of hydrogen-bond donors (Lipinski definition) is 1. The minimum absolute atomic E-state index is 0.0416. The first-order valence-electron chi connectivity index (χ1n) is 8.35. The van der Waals surface area contributed by atoms with E-state index >= 15 is 0 Å². The van der Waals surface area contributed by atoms with Gasteiger partial charge in [0.05, 0.1) is 5.70 Å². The topological polar surface area (TPSA) is 46.2 Å². The molecule has 3 nitrogen and oxygen atoms in total. The second-order valence-electron chi connectivity index (χ2n) is 6.36. The fourth-order valence-electron chi connectivity index (χ4n) is 3.53. The lowest BCUT2D eigenvalue weighted by molar-refractivity contribution is -0.120. The van der Waals surface area contributed by atoms with Crippen LogP contribution in [0.25, 0.3) is 0 Å². The standard InChI is InChI=1S/C18H27NO2/c1-13-15-11-9-7-5-3-4-6-8-10-12-16(15)17(18(13)21)19-14(2)20/h15H,1,3-12H2,2H3,(H,19,20). The lowest BCUT2D eigenvalue weighted by Crippen LogP contribution is -2.23. The van der Waals surface area contributed by atoms with E-state index in [2.05, 4.69) is 11.9 Å². The van der Waals surface area contributed by atoms with Crippen LogP contribution in [0.3, 0.4) is 0 Å². The molecule has 0 heterocycles. The molecule has 116 valence electrons. The Balaban J connectivity index is 2.19. The summed E-state index contributed by atoms with van der Waals surface area (Å²) in [6.07, 6.45) is 11.9. The van der Waals surface area contributed by atoms with E-state index in [1.165, 1.54) is 45.4 Å². The zero-order chi connectivity index (χ0) is 15.2. The zero-order valence-corrected chi connectivity index (χ0v) is 13.2. The van der Waals surface area contributed by atoms with Gasteiger partial charge < -0.3 is 5.32 Å². The second kappa shape index (κ2) is 7.58. The molecule has 1 atom stereocenters. The highest BCUT2D eigenvalue weighted by atomic mass is 16.2. The third-order valence-electron chi connectivity index (χ3n) is 4.67. The van der Waals surface area contributed by atoms with E-state index in [9.17, 15) is 9.59 Å². The van der Waals surface area contributed by atoms with E-state index in [1.807, 2.05) is 0 Å². The smallest absolute Gasteiger partial charge is 0.221 e. The van der Waals surface area contributed by atoms with E-state index in [-0.39, 0.29) is 17.6 Å². The highest BCUT2D eigenvalue weighted by molar-refractivity contribution is 6.13. The summed E-state index contributed by atoms with van der Waals surface area (Å²) >= 11 is 0. The first-order chi connectivity index (χ1) is 10.1. The quantitative estimate of drug-likeness (QED) is 0.740. The molecule has 2 aliphatic rings. The molecule has 0 aromatic rings. The van der Waals surface area contributed by atoms with Crippen molar-refractivity contribution >= 4 is 11.7 Å². The number of carbonyl (C=O) groups is 2. The van der Waals surface area contributed by atoms with Crippen molar-refractivity contribution in [2.75, 3.05) is 0 Å². The molecule has 3 heteroatoms. The largest absolute Gasteiger partial charge is 0.323 e. The summed E-state index contributed by atoms with van der Waals surface area (Å²) in [5.74, 6) is -0.0377. The number of carbonyl (C=O) groups excluding carboxylic acids is 2. The van der Waals surface area contributed by atoms with Crippen LogP contribution in [0.4, 0.5) is 0 Å². The maximum absolute atomic E-state index is 12.4. The molecular weight excluding hydrogens is 262 g/mol.